The summed E-state index contributed by atoms with van der Waals surface area (Å²) in [7, 11) is 0. The Bertz CT molecular complexity index is 1180. The molecule has 0 radical (unpaired) electrons. The van der Waals surface area contributed by atoms with E-state index in [1.54, 1.807) is 24.3 Å². The largest absolute Gasteiger partial charge is 0.292 e. The number of fused-ring (bicyclic) bond motifs is 1. The van der Waals surface area contributed by atoms with E-state index in [1.807, 2.05) is 19.1 Å². The average molecular weight is 461 g/mol. The number of non-ortho nitro benzene ring substituents is 1. The summed E-state index contributed by atoms with van der Waals surface area (Å²) >= 11 is 0. The van der Waals surface area contributed by atoms with Gasteiger partial charge in [0, 0.05) is 23.3 Å². The van der Waals surface area contributed by atoms with Crippen LogP contribution < -0.4 is 0 Å². The van der Waals surface area contributed by atoms with Crippen LogP contribution in [-0.2, 0) is 9.59 Å². The Morgan fingerprint density at radius 1 is 0.941 bits per heavy atom. The third kappa shape index (κ3) is 4.00. The first kappa shape index (κ1) is 23.0. The summed E-state index contributed by atoms with van der Waals surface area (Å²) in [5, 5.41) is 12.7. The molecule has 2 aliphatic rings. The Labute approximate surface area is 195 Å². The molecule has 9 heteroatoms. The molecule has 2 aromatic carbocycles. The minimum atomic E-state index is -1.17. The highest BCUT2D eigenvalue weighted by molar-refractivity contribution is 6.10. The molecule has 1 saturated heterocycles. The number of benzene rings is 2. The number of nitro groups is 1. The van der Waals surface area contributed by atoms with E-state index in [0.29, 0.717) is 18.4 Å². The van der Waals surface area contributed by atoms with Crippen molar-refractivity contribution in [2.45, 2.75) is 32.7 Å². The van der Waals surface area contributed by atoms with Crippen molar-refractivity contribution in [3.8, 4) is 0 Å². The topological polar surface area (TPSA) is 118 Å². The van der Waals surface area contributed by atoms with Gasteiger partial charge in [0.15, 0.2) is 5.78 Å². The van der Waals surface area contributed by atoms with Crippen molar-refractivity contribution in [2.75, 3.05) is 0 Å². The Balaban J connectivity index is 1.74. The third-order valence-electron chi connectivity index (χ3n) is 6.32. The molecule has 2 aromatic rings. The second-order valence-corrected chi connectivity index (χ2v) is 8.50. The third-order valence-corrected chi connectivity index (χ3v) is 6.32. The number of hydrogen-bond acceptors (Lipinski definition) is 6. The number of allylic oxidation sites excluding steroid dienone is 2. The van der Waals surface area contributed by atoms with Crippen LogP contribution in [0.1, 0.15) is 46.0 Å². The van der Waals surface area contributed by atoms with E-state index in [1.165, 1.54) is 19.1 Å². The predicted octanol–water partition coefficient (Wildman–Crippen LogP) is 3.48. The van der Waals surface area contributed by atoms with Gasteiger partial charge in [-0.1, -0.05) is 42.0 Å². The van der Waals surface area contributed by atoms with Gasteiger partial charge in [-0.15, -0.1) is 0 Å². The second-order valence-electron chi connectivity index (χ2n) is 8.50. The average Bonchev–Trinajstić information content (AvgIpc) is 3.09. The molecule has 0 bridgehead atoms. The lowest BCUT2D eigenvalue weighted by Crippen LogP contribution is -2.56. The number of nitrogens with zero attached hydrogens (tertiary/aromatic N) is 3. The Morgan fingerprint density at radius 3 is 1.94 bits per heavy atom. The lowest BCUT2D eigenvalue weighted by atomic mass is 9.85. The predicted molar refractivity (Wildman–Crippen MR) is 121 cm³/mol. The molecule has 1 aliphatic carbocycles. The zero-order valence-corrected chi connectivity index (χ0v) is 18.7. The van der Waals surface area contributed by atoms with Crippen LogP contribution in [0.3, 0.4) is 0 Å². The maximum absolute atomic E-state index is 13.6. The van der Waals surface area contributed by atoms with Gasteiger partial charge in [-0.25, -0.2) is 5.01 Å². The summed E-state index contributed by atoms with van der Waals surface area (Å²) in [6.07, 6.45) is 4.43. The van der Waals surface area contributed by atoms with Crippen molar-refractivity contribution >= 4 is 29.2 Å². The number of rotatable bonds is 6. The molecule has 1 heterocycles. The summed E-state index contributed by atoms with van der Waals surface area (Å²) in [6, 6.07) is 10.4. The SMILES string of the molecule is Cc1ccc(C(=O)[C@H](C)N(C(=O)c2ccc([N+](=O)[O-])cc2)N2C(=O)[C@H]3CC=CC[C@@H]3C2=O)cc1. The standard InChI is InChI=1S/C25H23N3O6/c1-15-7-9-17(10-8-15)22(29)16(2)26(23(30)18-11-13-19(14-12-18)28(33)34)27-24(31)20-5-3-4-6-21(20)25(27)32/h3-4,7-14,16,20-21H,5-6H2,1-2H3/t16-,20-,21-/m0/s1. The quantitative estimate of drug-likeness (QED) is 0.214. The van der Waals surface area contributed by atoms with E-state index in [-0.39, 0.29) is 11.3 Å². The van der Waals surface area contributed by atoms with E-state index in [4.69, 9.17) is 0 Å². The molecule has 0 spiro atoms. The van der Waals surface area contributed by atoms with Crippen LogP contribution in [0.15, 0.2) is 60.7 Å². The molecule has 3 atom stereocenters. The molecule has 0 saturated carbocycles. The van der Waals surface area contributed by atoms with Crippen molar-refractivity contribution < 1.29 is 24.1 Å². The number of ketones is 1. The zero-order chi connectivity index (χ0) is 24.6. The summed E-state index contributed by atoms with van der Waals surface area (Å²) in [5.41, 5.74) is 1.09. The van der Waals surface area contributed by atoms with E-state index < -0.39 is 46.3 Å². The lowest BCUT2D eigenvalue weighted by molar-refractivity contribution is -0.384. The van der Waals surface area contributed by atoms with Crippen molar-refractivity contribution in [2.24, 2.45) is 11.8 Å². The number of carbonyl (C=O) groups is 4. The van der Waals surface area contributed by atoms with E-state index in [9.17, 15) is 29.3 Å². The van der Waals surface area contributed by atoms with Crippen LogP contribution in [0.4, 0.5) is 5.69 Å². The first-order valence-corrected chi connectivity index (χ1v) is 10.9. The van der Waals surface area contributed by atoms with Crippen LogP contribution in [0.25, 0.3) is 0 Å². The maximum Gasteiger partial charge on any atom is 0.273 e. The first-order chi connectivity index (χ1) is 16.2. The second kappa shape index (κ2) is 9.01. The van der Waals surface area contributed by atoms with Gasteiger partial charge in [-0.3, -0.25) is 29.3 Å². The molecule has 1 fully saturated rings. The minimum Gasteiger partial charge on any atom is -0.292 e. The van der Waals surface area contributed by atoms with Gasteiger partial charge in [0.2, 0.25) is 0 Å². The molecule has 3 amide bonds. The van der Waals surface area contributed by atoms with E-state index >= 15 is 0 Å². The van der Waals surface area contributed by atoms with Gasteiger partial charge >= 0.3 is 0 Å². The zero-order valence-electron chi connectivity index (χ0n) is 18.7. The highest BCUT2D eigenvalue weighted by Crippen LogP contribution is 2.37. The lowest BCUT2D eigenvalue weighted by Gasteiger charge is -2.34. The Hall–Kier alpha value is -4.14. The molecular weight excluding hydrogens is 438 g/mol. The van der Waals surface area contributed by atoms with Crippen LogP contribution >= 0.6 is 0 Å². The van der Waals surface area contributed by atoms with E-state index in [0.717, 1.165) is 27.7 Å². The molecular formula is C25H23N3O6. The fraction of sp³-hybridized carbons (Fsp3) is 0.280. The highest BCUT2D eigenvalue weighted by Gasteiger charge is 2.52. The molecule has 174 valence electrons. The molecule has 34 heavy (non-hydrogen) atoms. The van der Waals surface area contributed by atoms with Gasteiger partial charge in [0.1, 0.15) is 6.04 Å². The summed E-state index contributed by atoms with van der Waals surface area (Å²) in [5.74, 6) is -3.45. The van der Waals surface area contributed by atoms with Crippen LogP contribution in [-0.4, -0.2) is 44.5 Å². The molecule has 0 aromatic heterocycles. The fourth-order valence-electron chi connectivity index (χ4n) is 4.36. The number of nitro benzene ring substituents is 1. The molecule has 1 aliphatic heterocycles. The van der Waals surface area contributed by atoms with E-state index in [2.05, 4.69) is 0 Å². The minimum absolute atomic E-state index is 0.0164. The molecule has 0 N–H and O–H groups in total. The Kier molecular flexibility index (Phi) is 6.10. The number of aryl methyl sites for hydroxylation is 1. The Morgan fingerprint density at radius 2 is 1.44 bits per heavy atom. The number of amides is 3. The van der Waals surface area contributed by atoms with Gasteiger partial charge in [0.25, 0.3) is 23.4 Å². The molecule has 0 unspecified atom stereocenters. The number of hydrazine groups is 1. The number of Topliss-reactive ketones (excluding diaryl/α,β-unsaturated/α-hetero) is 1. The van der Waals surface area contributed by atoms with Crippen molar-refractivity contribution in [1.82, 2.24) is 10.0 Å². The van der Waals surface area contributed by atoms with Crippen molar-refractivity contribution in [1.29, 1.82) is 0 Å². The van der Waals surface area contributed by atoms with Crippen molar-refractivity contribution in [3.63, 3.8) is 0 Å². The maximum atomic E-state index is 13.6. The normalized spacial score (nSPS) is 20.1. The van der Waals surface area contributed by atoms with Gasteiger partial charge < -0.3 is 0 Å². The summed E-state index contributed by atoms with van der Waals surface area (Å²) < 4.78 is 0. The smallest absolute Gasteiger partial charge is 0.273 e. The van der Waals surface area contributed by atoms with Crippen LogP contribution in [0.5, 0.6) is 0 Å². The van der Waals surface area contributed by atoms with Gasteiger partial charge in [-0.2, -0.15) is 5.01 Å². The van der Waals surface area contributed by atoms with Crippen LogP contribution in [0, 0.1) is 28.9 Å². The first-order valence-electron chi connectivity index (χ1n) is 10.9. The highest BCUT2D eigenvalue weighted by atomic mass is 16.6. The number of hydrogen-bond donors (Lipinski definition) is 0. The monoisotopic (exact) mass is 461 g/mol. The molecule has 4 rings (SSSR count). The van der Waals surface area contributed by atoms with Crippen molar-refractivity contribution in [3.05, 3.63) is 87.5 Å². The molecule has 9 nitrogen and oxygen atoms in total. The fourth-order valence-corrected chi connectivity index (χ4v) is 4.36. The number of carbonyl (C=O) groups excluding carboxylic acids is 4. The van der Waals surface area contributed by atoms with Crippen LogP contribution in [0.2, 0.25) is 0 Å². The summed E-state index contributed by atoms with van der Waals surface area (Å²) in [4.78, 5) is 63.8. The summed E-state index contributed by atoms with van der Waals surface area (Å²) in [6.45, 7) is 3.34. The van der Waals surface area contributed by atoms with Gasteiger partial charge in [0.05, 0.1) is 16.8 Å². The van der Waals surface area contributed by atoms with Gasteiger partial charge in [-0.05, 0) is 38.8 Å². The number of imide groups is 1.